The Labute approximate surface area is 222 Å². The molecule has 38 heavy (non-hydrogen) atoms. The number of halogens is 4. The fourth-order valence-corrected chi connectivity index (χ4v) is 6.39. The average Bonchev–Trinajstić information content (AvgIpc) is 2.88. The van der Waals surface area contributed by atoms with Crippen molar-refractivity contribution in [3.05, 3.63) is 89.0 Å². The first-order valence-electron chi connectivity index (χ1n) is 13.7. The van der Waals surface area contributed by atoms with Crippen molar-refractivity contribution in [3.63, 3.8) is 0 Å². The van der Waals surface area contributed by atoms with Crippen LogP contribution < -0.4 is 4.74 Å². The molecule has 2 aromatic carbocycles. The van der Waals surface area contributed by atoms with Gasteiger partial charge in [-0.25, -0.2) is 22.4 Å². The predicted octanol–water partition coefficient (Wildman–Crippen LogP) is 9.24. The van der Waals surface area contributed by atoms with Gasteiger partial charge in [-0.15, -0.1) is 6.58 Å². The van der Waals surface area contributed by atoms with Gasteiger partial charge in [0, 0.05) is 23.3 Å². The molecule has 0 radical (unpaired) electrons. The Morgan fingerprint density at radius 3 is 2.24 bits per heavy atom. The van der Waals surface area contributed by atoms with E-state index in [9.17, 15) is 13.6 Å². The molecule has 6 heteroatoms. The minimum absolute atomic E-state index is 0.0244. The number of rotatable bonds is 9. The van der Waals surface area contributed by atoms with E-state index in [1.807, 2.05) is 13.0 Å². The van der Waals surface area contributed by atoms with Crippen molar-refractivity contribution >= 4 is 5.97 Å². The zero-order valence-corrected chi connectivity index (χ0v) is 22.0. The lowest BCUT2D eigenvalue weighted by molar-refractivity contribution is 0.0732. The Kier molecular flexibility index (Phi) is 9.45. The monoisotopic (exact) mass is 528 g/mol. The molecule has 0 spiro atoms. The summed E-state index contributed by atoms with van der Waals surface area (Å²) in [7, 11) is 0. The number of allylic oxidation sites excluding steroid dienone is 3. The standard InChI is InChI=1S/C32H36F4O2/c1-3-5-7-9-26-27(33)18-25(19-28(26)34)38-32(37)24-16-29(35)31(30(36)17-24)23-13-12-21-14-20(8-6-4-2)10-11-22(21)15-23/h3-5,16-23H,2,6-15H2,1H3/b5-3+. The zero-order chi connectivity index (χ0) is 27.2. The van der Waals surface area contributed by atoms with Gasteiger partial charge in [0.2, 0.25) is 0 Å². The predicted molar refractivity (Wildman–Crippen MR) is 141 cm³/mol. The molecule has 2 aromatic rings. The summed E-state index contributed by atoms with van der Waals surface area (Å²) >= 11 is 0. The van der Waals surface area contributed by atoms with Crippen molar-refractivity contribution in [1.82, 2.24) is 0 Å². The van der Waals surface area contributed by atoms with E-state index < -0.39 is 29.2 Å². The lowest BCUT2D eigenvalue weighted by atomic mass is 9.63. The molecular formula is C32H36F4O2. The minimum atomic E-state index is -1.07. The lowest BCUT2D eigenvalue weighted by Crippen LogP contribution is -2.31. The molecule has 204 valence electrons. The zero-order valence-electron chi connectivity index (χ0n) is 22.0. The van der Waals surface area contributed by atoms with Crippen molar-refractivity contribution < 1.29 is 27.1 Å². The highest BCUT2D eigenvalue weighted by Crippen LogP contribution is 2.49. The summed E-state index contributed by atoms with van der Waals surface area (Å²) in [4.78, 5) is 12.6. The fraction of sp³-hybridized carbons (Fsp3) is 0.469. The van der Waals surface area contributed by atoms with Gasteiger partial charge in [0.1, 0.15) is 29.0 Å². The van der Waals surface area contributed by atoms with E-state index in [0.29, 0.717) is 30.6 Å². The first-order valence-corrected chi connectivity index (χ1v) is 13.7. The number of carbonyl (C=O) groups excluding carboxylic acids is 1. The van der Waals surface area contributed by atoms with Crippen LogP contribution in [-0.4, -0.2) is 5.97 Å². The Bertz CT molecular complexity index is 1140. The molecule has 0 amide bonds. The second-order valence-electron chi connectivity index (χ2n) is 10.8. The topological polar surface area (TPSA) is 26.3 Å². The van der Waals surface area contributed by atoms with Crippen LogP contribution in [0, 0.1) is 41.0 Å². The van der Waals surface area contributed by atoms with E-state index in [-0.39, 0.29) is 34.8 Å². The van der Waals surface area contributed by atoms with Gasteiger partial charge in [0.15, 0.2) is 0 Å². The molecule has 2 saturated carbocycles. The Morgan fingerprint density at radius 2 is 1.58 bits per heavy atom. The molecule has 2 nitrogen and oxygen atoms in total. The highest BCUT2D eigenvalue weighted by atomic mass is 19.1. The first-order chi connectivity index (χ1) is 18.3. The molecule has 0 bridgehead atoms. The first kappa shape index (κ1) is 28.1. The van der Waals surface area contributed by atoms with Gasteiger partial charge in [-0.05, 0) is 101 Å². The summed E-state index contributed by atoms with van der Waals surface area (Å²) < 4.78 is 64.2. The van der Waals surface area contributed by atoms with Crippen LogP contribution in [0.3, 0.4) is 0 Å². The van der Waals surface area contributed by atoms with Crippen LogP contribution in [0.4, 0.5) is 17.6 Å². The van der Waals surface area contributed by atoms with Crippen molar-refractivity contribution in [2.24, 2.45) is 17.8 Å². The van der Waals surface area contributed by atoms with E-state index in [2.05, 4.69) is 6.58 Å². The number of hydrogen-bond acceptors (Lipinski definition) is 2. The summed E-state index contributed by atoms with van der Waals surface area (Å²) in [5.74, 6) is -3.12. The third-order valence-corrected chi connectivity index (χ3v) is 8.35. The van der Waals surface area contributed by atoms with Gasteiger partial charge < -0.3 is 4.74 Å². The molecular weight excluding hydrogens is 492 g/mol. The second kappa shape index (κ2) is 12.8. The number of fused-ring (bicyclic) bond motifs is 1. The SMILES string of the molecule is C=CCCC1CCC2CC(c3c(F)cc(C(=O)Oc4cc(F)c(CC/C=C/C)c(F)c4)cc3F)CCC2C1. The maximum Gasteiger partial charge on any atom is 0.343 e. The van der Waals surface area contributed by atoms with Gasteiger partial charge in [-0.2, -0.15) is 0 Å². The Balaban J connectivity index is 1.42. The van der Waals surface area contributed by atoms with Crippen LogP contribution in [0.15, 0.2) is 49.1 Å². The summed E-state index contributed by atoms with van der Waals surface area (Å²) in [5.41, 5.74) is -0.418. The molecule has 0 saturated heterocycles. The third kappa shape index (κ3) is 6.57. The van der Waals surface area contributed by atoms with E-state index in [1.165, 1.54) is 6.42 Å². The van der Waals surface area contributed by atoms with Crippen LogP contribution in [0.2, 0.25) is 0 Å². The smallest absolute Gasteiger partial charge is 0.343 e. The number of carbonyl (C=O) groups is 1. The molecule has 0 aliphatic heterocycles. The Hall–Kier alpha value is -2.89. The van der Waals surface area contributed by atoms with E-state index in [4.69, 9.17) is 4.74 Å². The maximum absolute atomic E-state index is 15.2. The normalized spacial score (nSPS) is 23.3. The van der Waals surface area contributed by atoms with Crippen LogP contribution >= 0.6 is 0 Å². The van der Waals surface area contributed by atoms with Crippen LogP contribution in [-0.2, 0) is 6.42 Å². The molecule has 0 N–H and O–H groups in total. The third-order valence-electron chi connectivity index (χ3n) is 8.35. The van der Waals surface area contributed by atoms with E-state index in [1.54, 1.807) is 12.2 Å². The number of esters is 1. The van der Waals surface area contributed by atoms with Crippen molar-refractivity contribution in [1.29, 1.82) is 0 Å². The Morgan fingerprint density at radius 1 is 0.921 bits per heavy atom. The van der Waals surface area contributed by atoms with Gasteiger partial charge in [-0.1, -0.05) is 24.6 Å². The molecule has 4 rings (SSSR count). The molecule has 2 fully saturated rings. The van der Waals surface area contributed by atoms with E-state index in [0.717, 1.165) is 62.8 Å². The number of ether oxygens (including phenoxy) is 1. The summed E-state index contributed by atoms with van der Waals surface area (Å²) in [5, 5.41) is 0. The molecule has 0 aromatic heterocycles. The quantitative estimate of drug-likeness (QED) is 0.140. The average molecular weight is 529 g/mol. The highest BCUT2D eigenvalue weighted by molar-refractivity contribution is 5.91. The summed E-state index contributed by atoms with van der Waals surface area (Å²) in [6, 6.07) is 3.77. The molecule has 2 aliphatic carbocycles. The number of hydrogen-bond donors (Lipinski definition) is 0. The van der Waals surface area contributed by atoms with Gasteiger partial charge >= 0.3 is 5.97 Å². The van der Waals surface area contributed by atoms with Gasteiger partial charge in [0.25, 0.3) is 0 Å². The summed E-state index contributed by atoms with van der Waals surface area (Å²) in [6.45, 7) is 5.63. The van der Waals surface area contributed by atoms with Crippen LogP contribution in [0.5, 0.6) is 5.75 Å². The molecule has 0 heterocycles. The molecule has 4 unspecified atom stereocenters. The van der Waals surface area contributed by atoms with E-state index >= 15 is 8.78 Å². The fourth-order valence-electron chi connectivity index (χ4n) is 6.39. The summed E-state index contributed by atoms with van der Waals surface area (Å²) in [6.07, 6.45) is 14.2. The van der Waals surface area contributed by atoms with Crippen molar-refractivity contribution in [3.8, 4) is 5.75 Å². The van der Waals surface area contributed by atoms with Crippen molar-refractivity contribution in [2.75, 3.05) is 0 Å². The van der Waals surface area contributed by atoms with Crippen LogP contribution in [0.1, 0.15) is 92.1 Å². The lowest BCUT2D eigenvalue weighted by Gasteiger charge is -2.42. The highest BCUT2D eigenvalue weighted by Gasteiger charge is 2.37. The second-order valence-corrected chi connectivity index (χ2v) is 10.8. The molecule has 2 aliphatic rings. The number of benzene rings is 2. The largest absolute Gasteiger partial charge is 0.423 e. The van der Waals surface area contributed by atoms with Crippen molar-refractivity contribution in [2.45, 2.75) is 77.0 Å². The van der Waals surface area contributed by atoms with Crippen LogP contribution in [0.25, 0.3) is 0 Å². The molecule has 4 atom stereocenters. The van der Waals surface area contributed by atoms with Gasteiger partial charge in [0.05, 0.1) is 5.56 Å². The maximum atomic E-state index is 15.2. The minimum Gasteiger partial charge on any atom is -0.423 e. The van der Waals surface area contributed by atoms with Gasteiger partial charge in [-0.3, -0.25) is 0 Å².